The largest absolute Gasteiger partial charge is 0.480 e. The number of hydrogen-bond donors (Lipinski definition) is 2. The van der Waals surface area contributed by atoms with Crippen LogP contribution in [0.5, 0.6) is 0 Å². The van der Waals surface area contributed by atoms with Crippen LogP contribution in [-0.4, -0.2) is 50.0 Å². The van der Waals surface area contributed by atoms with Crippen LogP contribution in [0.4, 0.5) is 5.95 Å². The Labute approximate surface area is 120 Å². The number of benzene rings is 1. The fraction of sp³-hybridized carbons (Fsp3) is 0.385. The van der Waals surface area contributed by atoms with Gasteiger partial charge in [0, 0.05) is 26.1 Å². The lowest BCUT2D eigenvalue weighted by Gasteiger charge is -2.33. The van der Waals surface area contributed by atoms with Crippen LogP contribution in [0.15, 0.2) is 30.3 Å². The molecule has 2 heterocycles. The smallest absolute Gasteiger partial charge is 0.329 e. The van der Waals surface area contributed by atoms with Crippen molar-refractivity contribution in [2.75, 3.05) is 18.5 Å². The third kappa shape index (κ3) is 2.57. The van der Waals surface area contributed by atoms with Gasteiger partial charge in [0.2, 0.25) is 5.95 Å². The average molecular weight is 289 g/mol. The summed E-state index contributed by atoms with van der Waals surface area (Å²) < 4.78 is 6.73. The first-order chi connectivity index (χ1) is 10.2. The van der Waals surface area contributed by atoms with Crippen molar-refractivity contribution >= 4 is 11.9 Å². The maximum atomic E-state index is 11.7. The van der Waals surface area contributed by atoms with Crippen LogP contribution in [0, 0.1) is 0 Å². The first-order valence-corrected chi connectivity index (χ1v) is 6.64. The van der Waals surface area contributed by atoms with Crippen LogP contribution in [0.25, 0.3) is 5.69 Å². The Hall–Kier alpha value is -2.48. The molecule has 0 spiro atoms. The molecule has 1 saturated heterocycles. The number of aromatic nitrogens is 4. The molecule has 0 bridgehead atoms. The third-order valence-corrected chi connectivity index (χ3v) is 3.58. The Bertz CT molecular complexity index is 622. The number of rotatable bonds is 4. The highest BCUT2D eigenvalue weighted by molar-refractivity contribution is 5.82. The van der Waals surface area contributed by atoms with Gasteiger partial charge in [-0.2, -0.15) is 4.68 Å². The molecule has 0 saturated carbocycles. The van der Waals surface area contributed by atoms with Crippen LogP contribution in [0.1, 0.15) is 12.8 Å². The zero-order valence-corrected chi connectivity index (χ0v) is 11.3. The third-order valence-electron chi connectivity index (χ3n) is 3.58. The Morgan fingerprint density at radius 2 is 2.00 bits per heavy atom. The number of aliphatic carboxylic acids is 1. The topological polar surface area (TPSA) is 102 Å². The number of carbonyl (C=O) groups is 1. The Balaban J connectivity index is 1.91. The number of nitrogens with zero attached hydrogens (tertiary/aromatic N) is 4. The molecule has 2 N–H and O–H groups in total. The molecule has 2 aromatic rings. The summed E-state index contributed by atoms with van der Waals surface area (Å²) in [5.41, 5.74) is -0.336. The van der Waals surface area contributed by atoms with Crippen LogP contribution in [0.3, 0.4) is 0 Å². The van der Waals surface area contributed by atoms with Gasteiger partial charge in [-0.15, -0.1) is 0 Å². The Kier molecular flexibility index (Phi) is 3.53. The SMILES string of the molecule is O=C(O)C1(Nc2nnnn2-c2ccccc2)CCOCC1. The van der Waals surface area contributed by atoms with E-state index in [-0.39, 0.29) is 0 Å². The van der Waals surface area contributed by atoms with E-state index in [1.165, 1.54) is 4.68 Å². The first kappa shape index (κ1) is 13.5. The normalized spacial score (nSPS) is 17.3. The number of anilines is 1. The standard InChI is InChI=1S/C13H15N5O3/c19-11(20)13(6-8-21-9-7-13)14-12-15-16-17-18(12)10-4-2-1-3-5-10/h1-5H,6-9H2,(H,19,20)(H,14,15,17). The monoisotopic (exact) mass is 289 g/mol. The summed E-state index contributed by atoms with van der Waals surface area (Å²) in [7, 11) is 0. The maximum Gasteiger partial charge on any atom is 0.329 e. The van der Waals surface area contributed by atoms with Gasteiger partial charge in [-0.25, -0.2) is 4.79 Å². The zero-order chi connectivity index (χ0) is 14.7. The van der Waals surface area contributed by atoms with Gasteiger partial charge < -0.3 is 15.2 Å². The number of hydrogen-bond acceptors (Lipinski definition) is 6. The first-order valence-electron chi connectivity index (χ1n) is 6.64. The molecule has 8 nitrogen and oxygen atoms in total. The molecular weight excluding hydrogens is 274 g/mol. The minimum atomic E-state index is -1.10. The van der Waals surface area contributed by atoms with Gasteiger partial charge in [-0.05, 0) is 22.6 Å². The van der Waals surface area contributed by atoms with Gasteiger partial charge >= 0.3 is 5.97 Å². The van der Waals surface area contributed by atoms with Crippen molar-refractivity contribution in [1.82, 2.24) is 20.2 Å². The zero-order valence-electron chi connectivity index (χ0n) is 11.3. The van der Waals surface area contributed by atoms with E-state index in [9.17, 15) is 9.90 Å². The lowest BCUT2D eigenvalue weighted by Crippen LogP contribution is -2.51. The molecule has 21 heavy (non-hydrogen) atoms. The quantitative estimate of drug-likeness (QED) is 0.854. The number of nitrogens with one attached hydrogen (secondary N) is 1. The molecule has 110 valence electrons. The van der Waals surface area contributed by atoms with Gasteiger partial charge in [-0.1, -0.05) is 23.3 Å². The van der Waals surface area contributed by atoms with Crippen molar-refractivity contribution in [2.45, 2.75) is 18.4 Å². The van der Waals surface area contributed by atoms with Gasteiger partial charge in [0.25, 0.3) is 0 Å². The van der Waals surface area contributed by atoms with E-state index >= 15 is 0 Å². The summed E-state index contributed by atoms with van der Waals surface area (Å²) in [6.07, 6.45) is 0.730. The van der Waals surface area contributed by atoms with Gasteiger partial charge in [0.1, 0.15) is 5.54 Å². The second kappa shape index (κ2) is 5.49. The number of carboxylic acid groups (broad SMARTS) is 1. The minimum Gasteiger partial charge on any atom is -0.480 e. The van der Waals surface area contributed by atoms with Crippen LogP contribution < -0.4 is 5.32 Å². The van der Waals surface area contributed by atoms with E-state index < -0.39 is 11.5 Å². The molecule has 0 radical (unpaired) electrons. The second-order valence-corrected chi connectivity index (χ2v) is 4.87. The molecule has 0 aliphatic carbocycles. The molecule has 8 heteroatoms. The van der Waals surface area contributed by atoms with E-state index in [2.05, 4.69) is 20.8 Å². The van der Waals surface area contributed by atoms with Crippen LogP contribution >= 0.6 is 0 Å². The molecule has 1 aromatic heterocycles. The highest BCUT2D eigenvalue weighted by Crippen LogP contribution is 2.26. The average Bonchev–Trinajstić information content (AvgIpc) is 2.97. The maximum absolute atomic E-state index is 11.7. The molecule has 1 aliphatic heterocycles. The van der Waals surface area contributed by atoms with Crippen LogP contribution in [-0.2, 0) is 9.53 Å². The second-order valence-electron chi connectivity index (χ2n) is 4.87. The molecule has 1 fully saturated rings. The van der Waals surface area contributed by atoms with Crippen molar-refractivity contribution in [1.29, 1.82) is 0 Å². The molecular formula is C13H15N5O3. The molecule has 1 aromatic carbocycles. The van der Waals surface area contributed by atoms with Gasteiger partial charge in [-0.3, -0.25) is 0 Å². The molecule has 0 amide bonds. The number of carboxylic acids is 1. The summed E-state index contributed by atoms with van der Waals surface area (Å²) in [4.78, 5) is 11.7. The fourth-order valence-electron chi connectivity index (χ4n) is 2.33. The molecule has 3 rings (SSSR count). The van der Waals surface area contributed by atoms with Gasteiger partial charge in [0.05, 0.1) is 5.69 Å². The molecule has 1 aliphatic rings. The van der Waals surface area contributed by atoms with Crippen molar-refractivity contribution < 1.29 is 14.6 Å². The highest BCUT2D eigenvalue weighted by Gasteiger charge is 2.41. The lowest BCUT2D eigenvalue weighted by molar-refractivity contribution is -0.145. The molecule has 0 unspecified atom stereocenters. The van der Waals surface area contributed by atoms with E-state index in [1.54, 1.807) is 0 Å². The van der Waals surface area contributed by atoms with Crippen molar-refractivity contribution in [3.05, 3.63) is 30.3 Å². The van der Waals surface area contributed by atoms with E-state index in [0.29, 0.717) is 32.0 Å². The van der Waals surface area contributed by atoms with E-state index in [1.807, 2.05) is 30.3 Å². The number of para-hydroxylation sites is 1. The predicted molar refractivity (Wildman–Crippen MR) is 73.2 cm³/mol. The van der Waals surface area contributed by atoms with Crippen molar-refractivity contribution in [3.63, 3.8) is 0 Å². The lowest BCUT2D eigenvalue weighted by atomic mass is 9.90. The summed E-state index contributed by atoms with van der Waals surface area (Å²) in [5.74, 6) is -0.612. The van der Waals surface area contributed by atoms with Crippen molar-refractivity contribution in [2.24, 2.45) is 0 Å². The van der Waals surface area contributed by atoms with E-state index in [4.69, 9.17) is 4.74 Å². The highest BCUT2D eigenvalue weighted by atomic mass is 16.5. The summed E-state index contributed by atoms with van der Waals surface area (Å²) in [6, 6.07) is 9.31. The summed E-state index contributed by atoms with van der Waals surface area (Å²) >= 11 is 0. The summed E-state index contributed by atoms with van der Waals surface area (Å²) in [6.45, 7) is 0.790. The summed E-state index contributed by atoms with van der Waals surface area (Å²) in [5, 5.41) is 24.0. The number of tetrazole rings is 1. The van der Waals surface area contributed by atoms with E-state index in [0.717, 1.165) is 5.69 Å². The fourth-order valence-corrected chi connectivity index (χ4v) is 2.33. The van der Waals surface area contributed by atoms with Crippen molar-refractivity contribution in [3.8, 4) is 5.69 Å². The van der Waals surface area contributed by atoms with Crippen LogP contribution in [0.2, 0.25) is 0 Å². The number of ether oxygens (including phenoxy) is 1. The minimum absolute atomic E-state index is 0.311. The Morgan fingerprint density at radius 1 is 1.29 bits per heavy atom. The molecule has 0 atom stereocenters. The van der Waals surface area contributed by atoms with Gasteiger partial charge in [0.15, 0.2) is 0 Å². The Morgan fingerprint density at radius 3 is 2.67 bits per heavy atom. The predicted octanol–water partition coefficient (Wildman–Crippen LogP) is 0.708.